The van der Waals surface area contributed by atoms with Gasteiger partial charge in [-0.1, -0.05) is 11.6 Å². The molecule has 6 nitrogen and oxygen atoms in total. The number of halogens is 1. The van der Waals surface area contributed by atoms with E-state index in [-0.39, 0.29) is 17.9 Å². The largest absolute Gasteiger partial charge is 0.350 e. The van der Waals surface area contributed by atoms with Crippen molar-refractivity contribution in [2.45, 2.75) is 19.9 Å². The highest BCUT2D eigenvalue weighted by Gasteiger charge is 2.16. The number of aryl methyl sites for hydroxylation is 1. The Bertz CT molecular complexity index is 709. The Morgan fingerprint density at radius 1 is 1.27 bits per heavy atom. The summed E-state index contributed by atoms with van der Waals surface area (Å²) in [6.45, 7) is 3.73. The summed E-state index contributed by atoms with van der Waals surface area (Å²) in [5.41, 5.74) is 1.12. The molecule has 0 aliphatic carbocycles. The monoisotopic (exact) mass is 320 g/mol. The van der Waals surface area contributed by atoms with Gasteiger partial charge >= 0.3 is 0 Å². The number of benzene rings is 1. The number of amides is 2. The van der Waals surface area contributed by atoms with Crippen LogP contribution < -0.4 is 10.6 Å². The van der Waals surface area contributed by atoms with Gasteiger partial charge in [0.05, 0.1) is 23.0 Å². The number of hydrogen-bond acceptors (Lipinski definition) is 3. The van der Waals surface area contributed by atoms with Crippen molar-refractivity contribution in [3.63, 3.8) is 0 Å². The van der Waals surface area contributed by atoms with Gasteiger partial charge in [-0.25, -0.2) is 0 Å². The summed E-state index contributed by atoms with van der Waals surface area (Å²) in [5, 5.41) is 9.86. The fourth-order valence-electron chi connectivity index (χ4n) is 1.89. The summed E-state index contributed by atoms with van der Waals surface area (Å²) in [6.07, 6.45) is 3.04. The molecule has 0 aliphatic heterocycles. The summed E-state index contributed by atoms with van der Waals surface area (Å²) in [4.78, 5) is 24.4. The van der Waals surface area contributed by atoms with Gasteiger partial charge in [0.1, 0.15) is 0 Å². The Labute approximate surface area is 133 Å². The van der Waals surface area contributed by atoms with Crippen LogP contribution in [0, 0.1) is 0 Å². The van der Waals surface area contributed by atoms with Crippen LogP contribution in [-0.4, -0.2) is 27.6 Å². The topological polar surface area (TPSA) is 76.0 Å². The molecular formula is C15H17ClN4O2. The second-order valence-corrected chi connectivity index (χ2v) is 5.61. The Morgan fingerprint density at radius 2 is 2.00 bits per heavy atom. The molecule has 7 heteroatoms. The van der Waals surface area contributed by atoms with Crippen LogP contribution in [0.15, 0.2) is 30.6 Å². The molecule has 0 unspecified atom stereocenters. The maximum Gasteiger partial charge on any atom is 0.258 e. The standard InChI is InChI=1S/C15H17ClN4O2/c1-9(2)18-15(22)12-5-4-11(16)6-13(12)19-14(21)10-7-17-20(3)8-10/h4-9H,1-3H3,(H,18,22)(H,19,21). The molecule has 0 atom stereocenters. The van der Waals surface area contributed by atoms with Gasteiger partial charge in [0, 0.05) is 24.3 Å². The molecule has 0 saturated carbocycles. The van der Waals surface area contributed by atoms with Crippen LogP contribution in [0.3, 0.4) is 0 Å². The van der Waals surface area contributed by atoms with Crippen LogP contribution in [0.5, 0.6) is 0 Å². The molecule has 0 bridgehead atoms. The number of nitrogens with zero attached hydrogens (tertiary/aromatic N) is 2. The maximum absolute atomic E-state index is 12.2. The fraction of sp³-hybridized carbons (Fsp3) is 0.267. The zero-order valence-electron chi connectivity index (χ0n) is 12.6. The number of anilines is 1. The van der Waals surface area contributed by atoms with Crippen LogP contribution in [-0.2, 0) is 7.05 Å². The van der Waals surface area contributed by atoms with Crippen molar-refractivity contribution >= 4 is 29.1 Å². The van der Waals surface area contributed by atoms with Crippen molar-refractivity contribution in [2.24, 2.45) is 7.05 Å². The molecule has 2 rings (SSSR count). The highest BCUT2D eigenvalue weighted by atomic mass is 35.5. The number of hydrogen-bond donors (Lipinski definition) is 2. The Hall–Kier alpha value is -2.34. The lowest BCUT2D eigenvalue weighted by Gasteiger charge is -2.13. The van der Waals surface area contributed by atoms with Gasteiger partial charge in [0.2, 0.25) is 0 Å². The molecule has 0 fully saturated rings. The van der Waals surface area contributed by atoms with E-state index in [1.54, 1.807) is 31.4 Å². The first-order chi connectivity index (χ1) is 10.4. The van der Waals surface area contributed by atoms with Crippen LogP contribution in [0.4, 0.5) is 5.69 Å². The molecule has 0 spiro atoms. The van der Waals surface area contributed by atoms with Crippen molar-refractivity contribution in [2.75, 3.05) is 5.32 Å². The van der Waals surface area contributed by atoms with Crippen LogP contribution in [0.1, 0.15) is 34.6 Å². The molecule has 2 N–H and O–H groups in total. The van der Waals surface area contributed by atoms with Crippen molar-refractivity contribution in [1.82, 2.24) is 15.1 Å². The zero-order chi connectivity index (χ0) is 16.3. The van der Waals surface area contributed by atoms with E-state index >= 15 is 0 Å². The maximum atomic E-state index is 12.2. The second kappa shape index (κ2) is 6.62. The van der Waals surface area contributed by atoms with E-state index in [0.29, 0.717) is 21.8 Å². The van der Waals surface area contributed by atoms with Crippen LogP contribution >= 0.6 is 11.6 Å². The average molecular weight is 321 g/mol. The number of carbonyl (C=O) groups is 2. The third kappa shape index (κ3) is 3.85. The van der Waals surface area contributed by atoms with Gasteiger partial charge in [-0.2, -0.15) is 5.10 Å². The van der Waals surface area contributed by atoms with Crippen LogP contribution in [0.25, 0.3) is 0 Å². The van der Waals surface area contributed by atoms with E-state index in [9.17, 15) is 9.59 Å². The van der Waals surface area contributed by atoms with E-state index in [4.69, 9.17) is 11.6 Å². The Morgan fingerprint density at radius 3 is 2.59 bits per heavy atom. The number of rotatable bonds is 4. The quantitative estimate of drug-likeness (QED) is 0.908. The smallest absolute Gasteiger partial charge is 0.258 e. The molecular weight excluding hydrogens is 304 g/mol. The fourth-order valence-corrected chi connectivity index (χ4v) is 2.06. The molecule has 1 heterocycles. The Balaban J connectivity index is 2.27. The van der Waals surface area contributed by atoms with Gasteiger partial charge in [-0.3, -0.25) is 14.3 Å². The minimum atomic E-state index is -0.353. The normalized spacial score (nSPS) is 10.6. The molecule has 22 heavy (non-hydrogen) atoms. The number of carbonyl (C=O) groups excluding carboxylic acids is 2. The van der Waals surface area contributed by atoms with Gasteiger partial charge in [-0.15, -0.1) is 0 Å². The van der Waals surface area contributed by atoms with E-state index in [1.165, 1.54) is 10.9 Å². The van der Waals surface area contributed by atoms with Gasteiger partial charge in [0.25, 0.3) is 11.8 Å². The van der Waals surface area contributed by atoms with Crippen molar-refractivity contribution in [3.05, 3.63) is 46.7 Å². The van der Waals surface area contributed by atoms with E-state index in [1.807, 2.05) is 13.8 Å². The molecule has 2 aromatic rings. The summed E-state index contributed by atoms with van der Waals surface area (Å²) >= 11 is 5.96. The third-order valence-electron chi connectivity index (χ3n) is 2.86. The summed E-state index contributed by atoms with van der Waals surface area (Å²) in [5.74, 6) is -0.623. The second-order valence-electron chi connectivity index (χ2n) is 5.17. The SMILES string of the molecule is CC(C)NC(=O)c1ccc(Cl)cc1NC(=O)c1cnn(C)c1. The molecule has 1 aromatic heterocycles. The predicted molar refractivity (Wildman–Crippen MR) is 85.2 cm³/mol. The summed E-state index contributed by atoms with van der Waals surface area (Å²) in [7, 11) is 1.72. The summed E-state index contributed by atoms with van der Waals surface area (Å²) in [6, 6.07) is 4.73. The zero-order valence-corrected chi connectivity index (χ0v) is 13.3. The number of nitrogens with one attached hydrogen (secondary N) is 2. The molecule has 0 radical (unpaired) electrons. The van der Waals surface area contributed by atoms with Gasteiger partial charge < -0.3 is 10.6 Å². The first-order valence-electron chi connectivity index (χ1n) is 6.77. The first kappa shape index (κ1) is 16.0. The first-order valence-corrected chi connectivity index (χ1v) is 7.15. The number of aromatic nitrogens is 2. The highest BCUT2D eigenvalue weighted by Crippen LogP contribution is 2.22. The average Bonchev–Trinajstić information content (AvgIpc) is 2.84. The third-order valence-corrected chi connectivity index (χ3v) is 3.10. The van der Waals surface area contributed by atoms with Crippen molar-refractivity contribution < 1.29 is 9.59 Å². The lowest BCUT2D eigenvalue weighted by Crippen LogP contribution is -2.31. The Kier molecular flexibility index (Phi) is 4.82. The van der Waals surface area contributed by atoms with E-state index in [2.05, 4.69) is 15.7 Å². The van der Waals surface area contributed by atoms with Crippen LogP contribution in [0.2, 0.25) is 5.02 Å². The lowest BCUT2D eigenvalue weighted by molar-refractivity contribution is 0.0944. The van der Waals surface area contributed by atoms with Crippen molar-refractivity contribution in [3.8, 4) is 0 Å². The molecule has 2 amide bonds. The minimum Gasteiger partial charge on any atom is -0.350 e. The molecule has 116 valence electrons. The minimum absolute atomic E-state index is 0.00921. The van der Waals surface area contributed by atoms with Gasteiger partial charge in [-0.05, 0) is 32.0 Å². The van der Waals surface area contributed by atoms with Gasteiger partial charge in [0.15, 0.2) is 0 Å². The predicted octanol–water partition coefficient (Wildman–Crippen LogP) is 2.46. The van der Waals surface area contributed by atoms with Crippen molar-refractivity contribution in [1.29, 1.82) is 0 Å². The van der Waals surface area contributed by atoms with E-state index < -0.39 is 0 Å². The lowest BCUT2D eigenvalue weighted by atomic mass is 10.1. The van der Waals surface area contributed by atoms with E-state index in [0.717, 1.165) is 0 Å². The molecule has 1 aromatic carbocycles. The molecule has 0 aliphatic rings. The highest BCUT2D eigenvalue weighted by molar-refractivity contribution is 6.31. The molecule has 0 saturated heterocycles. The summed E-state index contributed by atoms with van der Waals surface area (Å²) < 4.78 is 1.53.